The van der Waals surface area contributed by atoms with E-state index in [2.05, 4.69) is 12.8 Å². The van der Waals surface area contributed by atoms with E-state index in [-0.39, 0.29) is 0 Å². The van der Waals surface area contributed by atoms with Gasteiger partial charge in [0, 0.05) is 0 Å². The van der Waals surface area contributed by atoms with E-state index in [1.165, 1.54) is 70.6 Å². The largest absolute Gasteiger partial charge is 0.378 e. The second kappa shape index (κ2) is 12.5. The molecule has 0 radical (unpaired) electrons. The fraction of sp³-hybridized carbons (Fsp3) is 0.889. The smallest absolute Gasteiger partial charge is 0.122 e. The maximum absolute atomic E-state index is 9.65. The number of aliphatic hydroxyl groups is 1. The molecule has 1 N–H and O–H groups in total. The Balaban J connectivity index is 3.10. The van der Waals surface area contributed by atoms with E-state index in [4.69, 9.17) is 6.42 Å². The summed E-state index contributed by atoms with van der Waals surface area (Å²) in [5.74, 6) is 2.44. The van der Waals surface area contributed by atoms with Crippen LogP contribution in [0.2, 0.25) is 0 Å². The fourth-order valence-electron chi connectivity index (χ4n) is 2.38. The summed E-state index contributed by atoms with van der Waals surface area (Å²) < 4.78 is 0. The zero-order valence-corrected chi connectivity index (χ0v) is 13.2. The first-order valence-electron chi connectivity index (χ1n) is 8.32. The molecule has 0 heterocycles. The lowest BCUT2D eigenvalue weighted by Crippen LogP contribution is -2.20. The second-order valence-corrected chi connectivity index (χ2v) is 6.06. The highest BCUT2D eigenvalue weighted by Crippen LogP contribution is 2.16. The normalized spacial score (nSPS) is 14.0. The first-order chi connectivity index (χ1) is 9.12. The third-order valence-electron chi connectivity index (χ3n) is 3.83. The summed E-state index contributed by atoms with van der Waals surface area (Å²) in [6.07, 6.45) is 22.1. The summed E-state index contributed by atoms with van der Waals surface area (Å²) >= 11 is 0. The molecule has 0 aliphatic carbocycles. The topological polar surface area (TPSA) is 20.2 Å². The quantitative estimate of drug-likeness (QED) is 0.346. The first kappa shape index (κ1) is 18.5. The molecule has 0 fully saturated rings. The molecule has 0 aromatic carbocycles. The highest BCUT2D eigenvalue weighted by atomic mass is 16.3. The van der Waals surface area contributed by atoms with Crippen molar-refractivity contribution in [3.63, 3.8) is 0 Å². The Morgan fingerprint density at radius 3 is 1.53 bits per heavy atom. The van der Waals surface area contributed by atoms with E-state index in [0.717, 1.165) is 12.8 Å². The fourth-order valence-corrected chi connectivity index (χ4v) is 2.38. The molecular formula is C18H34O. The lowest BCUT2D eigenvalue weighted by molar-refractivity contribution is 0.109. The average Bonchev–Trinajstić information content (AvgIpc) is 2.40. The van der Waals surface area contributed by atoms with Gasteiger partial charge in [0.15, 0.2) is 0 Å². The van der Waals surface area contributed by atoms with Crippen molar-refractivity contribution in [1.29, 1.82) is 0 Å². The molecule has 0 saturated carbocycles. The Kier molecular flexibility index (Phi) is 12.2. The van der Waals surface area contributed by atoms with Gasteiger partial charge in [0.1, 0.15) is 5.60 Å². The van der Waals surface area contributed by atoms with Gasteiger partial charge in [0.2, 0.25) is 0 Å². The Morgan fingerprint density at radius 2 is 1.16 bits per heavy atom. The lowest BCUT2D eigenvalue weighted by Gasteiger charge is -2.15. The average molecular weight is 266 g/mol. The van der Waals surface area contributed by atoms with Crippen LogP contribution in [0.4, 0.5) is 0 Å². The van der Waals surface area contributed by atoms with E-state index in [1.807, 2.05) is 0 Å². The van der Waals surface area contributed by atoms with Gasteiger partial charge in [-0.05, 0) is 19.8 Å². The minimum atomic E-state index is -0.890. The van der Waals surface area contributed by atoms with Crippen LogP contribution in [-0.4, -0.2) is 10.7 Å². The standard InChI is InChI=1S/C18H34O/c1-4-6-7-8-9-10-11-12-13-14-15-16-17-18(3,19)5-2/h2,19H,4,6-17H2,1,3H3. The number of unbranched alkanes of at least 4 members (excludes halogenated alkanes) is 11. The molecule has 0 aliphatic rings. The van der Waals surface area contributed by atoms with Crippen LogP contribution < -0.4 is 0 Å². The Labute approximate surface area is 121 Å². The van der Waals surface area contributed by atoms with Crippen LogP contribution in [0.3, 0.4) is 0 Å². The third kappa shape index (κ3) is 13.7. The van der Waals surface area contributed by atoms with Crippen molar-refractivity contribution in [2.24, 2.45) is 0 Å². The van der Waals surface area contributed by atoms with Gasteiger partial charge >= 0.3 is 0 Å². The molecule has 0 amide bonds. The number of terminal acetylenes is 1. The molecule has 1 unspecified atom stereocenters. The van der Waals surface area contributed by atoms with Crippen LogP contribution in [0.1, 0.15) is 97.3 Å². The van der Waals surface area contributed by atoms with Crippen molar-refractivity contribution >= 4 is 0 Å². The molecule has 1 heteroatoms. The summed E-state index contributed by atoms with van der Waals surface area (Å²) in [5.41, 5.74) is -0.890. The van der Waals surface area contributed by atoms with Gasteiger partial charge in [-0.1, -0.05) is 83.5 Å². The number of hydrogen-bond donors (Lipinski definition) is 1. The van der Waals surface area contributed by atoms with Crippen molar-refractivity contribution in [2.45, 2.75) is 103 Å². The van der Waals surface area contributed by atoms with Crippen molar-refractivity contribution in [3.05, 3.63) is 0 Å². The number of hydrogen-bond acceptors (Lipinski definition) is 1. The van der Waals surface area contributed by atoms with Crippen molar-refractivity contribution in [1.82, 2.24) is 0 Å². The monoisotopic (exact) mass is 266 g/mol. The van der Waals surface area contributed by atoms with Crippen molar-refractivity contribution < 1.29 is 5.11 Å². The summed E-state index contributed by atoms with van der Waals surface area (Å²) in [7, 11) is 0. The summed E-state index contributed by atoms with van der Waals surface area (Å²) in [5, 5.41) is 9.65. The van der Waals surface area contributed by atoms with Crippen LogP contribution in [-0.2, 0) is 0 Å². The zero-order chi connectivity index (χ0) is 14.4. The maximum atomic E-state index is 9.65. The van der Waals surface area contributed by atoms with E-state index >= 15 is 0 Å². The molecule has 1 nitrogen and oxygen atoms in total. The van der Waals surface area contributed by atoms with Gasteiger partial charge in [0.25, 0.3) is 0 Å². The molecule has 112 valence electrons. The Morgan fingerprint density at radius 1 is 0.789 bits per heavy atom. The summed E-state index contributed by atoms with van der Waals surface area (Å²) in [6, 6.07) is 0. The first-order valence-corrected chi connectivity index (χ1v) is 8.32. The van der Waals surface area contributed by atoms with E-state index < -0.39 is 5.60 Å². The van der Waals surface area contributed by atoms with Gasteiger partial charge in [-0.2, -0.15) is 0 Å². The van der Waals surface area contributed by atoms with Crippen LogP contribution in [0, 0.1) is 12.3 Å². The summed E-state index contributed by atoms with van der Waals surface area (Å²) in [6.45, 7) is 3.99. The molecule has 0 aromatic heterocycles. The van der Waals surface area contributed by atoms with Gasteiger partial charge in [-0.25, -0.2) is 0 Å². The molecule has 0 saturated heterocycles. The number of rotatable bonds is 13. The molecular weight excluding hydrogens is 232 g/mol. The maximum Gasteiger partial charge on any atom is 0.122 e. The van der Waals surface area contributed by atoms with E-state index in [1.54, 1.807) is 6.92 Å². The minimum Gasteiger partial charge on any atom is -0.378 e. The lowest BCUT2D eigenvalue weighted by atomic mass is 9.98. The highest BCUT2D eigenvalue weighted by molar-refractivity contribution is 5.03. The van der Waals surface area contributed by atoms with E-state index in [9.17, 15) is 5.11 Å². The van der Waals surface area contributed by atoms with Gasteiger partial charge in [-0.15, -0.1) is 6.42 Å². The van der Waals surface area contributed by atoms with Crippen molar-refractivity contribution in [2.75, 3.05) is 0 Å². The van der Waals surface area contributed by atoms with Crippen LogP contribution in [0.25, 0.3) is 0 Å². The second-order valence-electron chi connectivity index (χ2n) is 6.06. The van der Waals surface area contributed by atoms with Gasteiger partial charge in [-0.3, -0.25) is 0 Å². The minimum absolute atomic E-state index is 0.737. The van der Waals surface area contributed by atoms with Crippen molar-refractivity contribution in [3.8, 4) is 12.3 Å². The van der Waals surface area contributed by atoms with Crippen LogP contribution >= 0.6 is 0 Å². The van der Waals surface area contributed by atoms with Crippen LogP contribution in [0.15, 0.2) is 0 Å². The molecule has 0 aromatic rings. The third-order valence-corrected chi connectivity index (χ3v) is 3.83. The Bertz CT molecular complexity index is 224. The molecule has 19 heavy (non-hydrogen) atoms. The molecule has 1 atom stereocenters. The molecule has 0 bridgehead atoms. The molecule has 0 aliphatic heterocycles. The van der Waals surface area contributed by atoms with E-state index in [0.29, 0.717) is 0 Å². The van der Waals surface area contributed by atoms with Crippen LogP contribution in [0.5, 0.6) is 0 Å². The SMILES string of the molecule is C#CC(C)(O)CCCCCCCCCCCCCC. The molecule has 0 rings (SSSR count). The predicted molar refractivity (Wildman–Crippen MR) is 85.2 cm³/mol. The highest BCUT2D eigenvalue weighted by Gasteiger charge is 2.14. The zero-order valence-electron chi connectivity index (χ0n) is 13.2. The van der Waals surface area contributed by atoms with Gasteiger partial charge < -0.3 is 5.11 Å². The Hall–Kier alpha value is -0.480. The van der Waals surface area contributed by atoms with Gasteiger partial charge in [0.05, 0.1) is 0 Å². The summed E-state index contributed by atoms with van der Waals surface area (Å²) in [4.78, 5) is 0. The predicted octanol–water partition coefficient (Wildman–Crippen LogP) is 5.46. The molecule has 0 spiro atoms.